The minimum atomic E-state index is 0.609. The van der Waals surface area contributed by atoms with Gasteiger partial charge in [-0.2, -0.15) is 0 Å². The molecule has 0 aliphatic carbocycles. The third-order valence-electron chi connectivity index (χ3n) is 4.59. The van der Waals surface area contributed by atoms with Crippen molar-refractivity contribution >= 4 is 5.69 Å². The second-order valence-corrected chi connectivity index (χ2v) is 6.13. The van der Waals surface area contributed by atoms with Gasteiger partial charge in [-0.1, -0.05) is 12.1 Å². The molecular weight excluding hydrogens is 250 g/mol. The van der Waals surface area contributed by atoms with E-state index in [0.717, 1.165) is 44.2 Å². The van der Waals surface area contributed by atoms with Crippen LogP contribution in [0, 0.1) is 0 Å². The van der Waals surface area contributed by atoms with E-state index < -0.39 is 0 Å². The van der Waals surface area contributed by atoms with Gasteiger partial charge in [0, 0.05) is 43.8 Å². The highest BCUT2D eigenvalue weighted by Gasteiger charge is 2.27. The van der Waals surface area contributed by atoms with Crippen LogP contribution in [-0.4, -0.2) is 55.2 Å². The highest BCUT2D eigenvalue weighted by Crippen LogP contribution is 2.32. The molecule has 110 valence electrons. The molecule has 1 saturated heterocycles. The standard InChI is InChI=1S/C16H25N3O/c1-12-9-19(10-13(2)18(12)3)11-14-5-4-6-15-16(14)20-8-7-17-15/h4-6,12-13,17H,7-11H2,1-3H3. The molecular formula is C16H25N3O. The first-order chi connectivity index (χ1) is 9.65. The zero-order valence-electron chi connectivity index (χ0n) is 12.7. The van der Waals surface area contributed by atoms with Crippen LogP contribution >= 0.6 is 0 Å². The molecule has 1 aromatic carbocycles. The van der Waals surface area contributed by atoms with Gasteiger partial charge in [0.15, 0.2) is 0 Å². The highest BCUT2D eigenvalue weighted by molar-refractivity contribution is 5.61. The number of hydrogen-bond donors (Lipinski definition) is 1. The number of nitrogens with zero attached hydrogens (tertiary/aromatic N) is 2. The van der Waals surface area contributed by atoms with E-state index in [1.807, 2.05) is 0 Å². The molecule has 20 heavy (non-hydrogen) atoms. The van der Waals surface area contributed by atoms with Gasteiger partial charge in [0.05, 0.1) is 5.69 Å². The lowest BCUT2D eigenvalue weighted by molar-refractivity contribution is 0.0551. The molecule has 4 heteroatoms. The number of fused-ring (bicyclic) bond motifs is 1. The van der Waals surface area contributed by atoms with E-state index in [1.54, 1.807) is 0 Å². The van der Waals surface area contributed by atoms with Crippen molar-refractivity contribution in [1.82, 2.24) is 9.80 Å². The molecule has 0 amide bonds. The first kappa shape index (κ1) is 13.7. The summed E-state index contributed by atoms with van der Waals surface area (Å²) in [5.41, 5.74) is 2.45. The van der Waals surface area contributed by atoms with Crippen molar-refractivity contribution in [2.24, 2.45) is 0 Å². The zero-order valence-corrected chi connectivity index (χ0v) is 12.7. The molecule has 4 nitrogen and oxygen atoms in total. The Hall–Kier alpha value is -1.26. The van der Waals surface area contributed by atoms with Gasteiger partial charge in [-0.3, -0.25) is 9.80 Å². The number of benzene rings is 1. The van der Waals surface area contributed by atoms with E-state index in [0.29, 0.717) is 12.1 Å². The number of ether oxygens (including phenoxy) is 1. The molecule has 3 rings (SSSR count). The maximum Gasteiger partial charge on any atom is 0.146 e. The number of piperazine rings is 1. The van der Waals surface area contributed by atoms with E-state index >= 15 is 0 Å². The van der Waals surface area contributed by atoms with Gasteiger partial charge in [-0.05, 0) is 27.0 Å². The Labute approximate surface area is 121 Å². The summed E-state index contributed by atoms with van der Waals surface area (Å²) >= 11 is 0. The molecule has 2 aliphatic rings. The smallest absolute Gasteiger partial charge is 0.146 e. The Morgan fingerprint density at radius 2 is 2.00 bits per heavy atom. The summed E-state index contributed by atoms with van der Waals surface area (Å²) in [7, 11) is 2.23. The van der Waals surface area contributed by atoms with Crippen molar-refractivity contribution in [2.75, 3.05) is 38.6 Å². The Kier molecular flexibility index (Phi) is 3.85. The molecule has 0 bridgehead atoms. The molecule has 2 heterocycles. The predicted molar refractivity (Wildman–Crippen MR) is 82.4 cm³/mol. The van der Waals surface area contributed by atoms with Crippen molar-refractivity contribution in [3.05, 3.63) is 23.8 Å². The third-order valence-corrected chi connectivity index (χ3v) is 4.59. The normalized spacial score (nSPS) is 27.6. The Bertz CT molecular complexity index is 465. The molecule has 2 aliphatic heterocycles. The molecule has 0 spiro atoms. The number of para-hydroxylation sites is 1. The molecule has 1 fully saturated rings. The third kappa shape index (κ3) is 2.63. The topological polar surface area (TPSA) is 27.7 Å². The summed E-state index contributed by atoms with van der Waals surface area (Å²) in [6, 6.07) is 7.64. The Morgan fingerprint density at radius 3 is 2.75 bits per heavy atom. The fourth-order valence-electron chi connectivity index (χ4n) is 3.24. The lowest BCUT2D eigenvalue weighted by atomic mass is 10.1. The fourth-order valence-corrected chi connectivity index (χ4v) is 3.24. The lowest BCUT2D eigenvalue weighted by Gasteiger charge is -2.42. The number of anilines is 1. The van der Waals surface area contributed by atoms with Crippen LogP contribution in [0.1, 0.15) is 19.4 Å². The summed E-state index contributed by atoms with van der Waals surface area (Å²) in [4.78, 5) is 5.01. The van der Waals surface area contributed by atoms with E-state index in [1.165, 1.54) is 5.56 Å². The van der Waals surface area contributed by atoms with E-state index in [9.17, 15) is 0 Å². The van der Waals surface area contributed by atoms with E-state index in [4.69, 9.17) is 4.74 Å². The largest absolute Gasteiger partial charge is 0.489 e. The van der Waals surface area contributed by atoms with Crippen molar-refractivity contribution in [2.45, 2.75) is 32.5 Å². The van der Waals surface area contributed by atoms with Crippen molar-refractivity contribution in [3.8, 4) is 5.75 Å². The quantitative estimate of drug-likeness (QED) is 0.893. The summed E-state index contributed by atoms with van der Waals surface area (Å²) < 4.78 is 5.87. The maximum absolute atomic E-state index is 5.87. The van der Waals surface area contributed by atoms with E-state index in [-0.39, 0.29) is 0 Å². The number of nitrogens with one attached hydrogen (secondary N) is 1. The monoisotopic (exact) mass is 275 g/mol. The summed E-state index contributed by atoms with van der Waals surface area (Å²) in [5, 5.41) is 3.41. The number of likely N-dealkylation sites (N-methyl/N-ethyl adjacent to an activating group) is 1. The zero-order chi connectivity index (χ0) is 14.1. The summed E-state index contributed by atoms with van der Waals surface area (Å²) in [5.74, 6) is 1.05. The average molecular weight is 275 g/mol. The van der Waals surface area contributed by atoms with Crippen LogP contribution < -0.4 is 10.1 Å². The predicted octanol–water partition coefficient (Wildman–Crippen LogP) is 2.02. The molecule has 0 saturated carbocycles. The van der Waals surface area contributed by atoms with Gasteiger partial charge in [0.2, 0.25) is 0 Å². The molecule has 1 N–H and O–H groups in total. The van der Waals surface area contributed by atoms with Crippen molar-refractivity contribution in [1.29, 1.82) is 0 Å². The first-order valence-electron chi connectivity index (χ1n) is 7.58. The summed E-state index contributed by atoms with van der Waals surface area (Å²) in [6.45, 7) is 9.50. The maximum atomic E-state index is 5.87. The molecule has 2 unspecified atom stereocenters. The minimum Gasteiger partial charge on any atom is -0.489 e. The summed E-state index contributed by atoms with van der Waals surface area (Å²) in [6.07, 6.45) is 0. The molecule has 0 aromatic heterocycles. The SMILES string of the molecule is CC1CN(Cc2cccc3c2OCCN3)CC(C)N1C. The second-order valence-electron chi connectivity index (χ2n) is 6.13. The van der Waals surface area contributed by atoms with Gasteiger partial charge >= 0.3 is 0 Å². The van der Waals surface area contributed by atoms with Gasteiger partial charge in [0.1, 0.15) is 12.4 Å². The minimum absolute atomic E-state index is 0.609. The highest BCUT2D eigenvalue weighted by atomic mass is 16.5. The van der Waals surface area contributed by atoms with Gasteiger partial charge in [-0.25, -0.2) is 0 Å². The van der Waals surface area contributed by atoms with Gasteiger partial charge in [-0.15, -0.1) is 0 Å². The van der Waals surface area contributed by atoms with Crippen LogP contribution in [0.25, 0.3) is 0 Å². The van der Waals surface area contributed by atoms with Crippen molar-refractivity contribution in [3.63, 3.8) is 0 Å². The molecule has 1 aromatic rings. The molecule has 0 radical (unpaired) electrons. The first-order valence-corrected chi connectivity index (χ1v) is 7.58. The van der Waals surface area contributed by atoms with Gasteiger partial charge < -0.3 is 10.1 Å². The van der Waals surface area contributed by atoms with Crippen LogP contribution in [0.2, 0.25) is 0 Å². The number of rotatable bonds is 2. The Balaban J connectivity index is 1.75. The number of hydrogen-bond acceptors (Lipinski definition) is 4. The van der Waals surface area contributed by atoms with Crippen LogP contribution in [0.3, 0.4) is 0 Å². The second kappa shape index (κ2) is 5.62. The molecule has 2 atom stereocenters. The van der Waals surface area contributed by atoms with Crippen LogP contribution in [-0.2, 0) is 6.54 Å². The van der Waals surface area contributed by atoms with Crippen LogP contribution in [0.15, 0.2) is 18.2 Å². The Morgan fingerprint density at radius 1 is 1.25 bits per heavy atom. The van der Waals surface area contributed by atoms with Crippen LogP contribution in [0.5, 0.6) is 5.75 Å². The fraction of sp³-hybridized carbons (Fsp3) is 0.625. The van der Waals surface area contributed by atoms with Gasteiger partial charge in [0.25, 0.3) is 0 Å². The van der Waals surface area contributed by atoms with E-state index in [2.05, 4.69) is 54.2 Å². The lowest BCUT2D eigenvalue weighted by Crippen LogP contribution is -2.54. The van der Waals surface area contributed by atoms with Crippen LogP contribution in [0.4, 0.5) is 5.69 Å². The van der Waals surface area contributed by atoms with Crippen molar-refractivity contribution < 1.29 is 4.74 Å². The average Bonchev–Trinajstić information content (AvgIpc) is 2.45.